The molecule has 1 heterocycles. The van der Waals surface area contributed by atoms with Crippen molar-refractivity contribution in [2.75, 3.05) is 20.8 Å². The predicted octanol–water partition coefficient (Wildman–Crippen LogP) is 3.89. The number of ether oxygens (including phenoxy) is 2. The molecule has 0 N–H and O–H groups in total. The third-order valence-corrected chi connectivity index (χ3v) is 5.12. The number of hydrogen-bond donors (Lipinski definition) is 0. The second-order valence-electron chi connectivity index (χ2n) is 6.53. The second kappa shape index (κ2) is 9.06. The Morgan fingerprint density at radius 1 is 1.19 bits per heavy atom. The quantitative estimate of drug-likeness (QED) is 0.551. The molecule has 2 aromatic carbocycles. The maximum Gasteiger partial charge on any atom is 0.272 e. The highest BCUT2D eigenvalue weighted by molar-refractivity contribution is 5.85. The van der Waals surface area contributed by atoms with Crippen LogP contribution in [-0.4, -0.2) is 36.8 Å². The zero-order valence-electron chi connectivity index (χ0n) is 15.8. The molecule has 1 aliphatic rings. The van der Waals surface area contributed by atoms with Crippen LogP contribution in [0.15, 0.2) is 42.5 Å². The van der Waals surface area contributed by atoms with E-state index in [0.717, 1.165) is 23.1 Å². The number of benzene rings is 2. The number of rotatable bonds is 6. The lowest BCUT2D eigenvalue weighted by atomic mass is 9.91. The fourth-order valence-corrected chi connectivity index (χ4v) is 3.71. The fourth-order valence-electron chi connectivity index (χ4n) is 3.71. The van der Waals surface area contributed by atoms with Crippen molar-refractivity contribution in [1.82, 2.24) is 4.90 Å². The molecule has 0 saturated carbocycles. The SMILES string of the molecule is COc1cc2c(cc1OC)C(C)N(C(Cc1ccccc1)[N+](=O)[O-])CC2.Cl. The van der Waals surface area contributed by atoms with Gasteiger partial charge in [0.15, 0.2) is 11.5 Å². The van der Waals surface area contributed by atoms with Gasteiger partial charge in [0.25, 0.3) is 6.17 Å². The normalized spacial score (nSPS) is 17.4. The average Bonchev–Trinajstić information content (AvgIpc) is 2.66. The Balaban J connectivity index is 0.00000261. The minimum Gasteiger partial charge on any atom is -0.493 e. The Labute approximate surface area is 165 Å². The summed E-state index contributed by atoms with van der Waals surface area (Å²) in [5.74, 6) is 1.35. The van der Waals surface area contributed by atoms with E-state index < -0.39 is 6.17 Å². The molecule has 7 heteroatoms. The van der Waals surface area contributed by atoms with Crippen molar-refractivity contribution in [2.45, 2.75) is 32.0 Å². The van der Waals surface area contributed by atoms with Crippen molar-refractivity contribution < 1.29 is 14.4 Å². The molecule has 1 aliphatic heterocycles. The van der Waals surface area contributed by atoms with E-state index in [4.69, 9.17) is 9.47 Å². The molecule has 2 aromatic rings. The van der Waals surface area contributed by atoms with Gasteiger partial charge in [-0.15, -0.1) is 12.4 Å². The van der Waals surface area contributed by atoms with Crippen LogP contribution in [-0.2, 0) is 12.8 Å². The van der Waals surface area contributed by atoms with Gasteiger partial charge in [0.2, 0.25) is 0 Å². The molecule has 0 spiro atoms. The summed E-state index contributed by atoms with van der Waals surface area (Å²) in [5.41, 5.74) is 3.20. The molecule has 3 rings (SSSR count). The maximum absolute atomic E-state index is 11.8. The molecule has 2 unspecified atom stereocenters. The first kappa shape index (κ1) is 21.0. The van der Waals surface area contributed by atoms with Crippen LogP contribution in [0.25, 0.3) is 0 Å². The van der Waals surface area contributed by atoms with Crippen LogP contribution in [0, 0.1) is 10.1 Å². The van der Waals surface area contributed by atoms with Gasteiger partial charge in [0, 0.05) is 17.5 Å². The lowest BCUT2D eigenvalue weighted by molar-refractivity contribution is -0.553. The van der Waals surface area contributed by atoms with Crippen LogP contribution in [0.1, 0.15) is 29.7 Å². The van der Waals surface area contributed by atoms with Crippen molar-refractivity contribution in [3.05, 3.63) is 69.3 Å². The molecule has 0 amide bonds. The van der Waals surface area contributed by atoms with Crippen molar-refractivity contribution in [1.29, 1.82) is 0 Å². The average molecular weight is 393 g/mol. The van der Waals surface area contributed by atoms with Gasteiger partial charge in [0.1, 0.15) is 0 Å². The maximum atomic E-state index is 11.8. The first-order valence-electron chi connectivity index (χ1n) is 8.73. The number of hydrogen-bond acceptors (Lipinski definition) is 5. The molecule has 0 aliphatic carbocycles. The van der Waals surface area contributed by atoms with E-state index >= 15 is 0 Å². The summed E-state index contributed by atoms with van der Waals surface area (Å²) in [5, 5.41) is 11.8. The molecular weight excluding hydrogens is 368 g/mol. The van der Waals surface area contributed by atoms with Crippen LogP contribution in [0.2, 0.25) is 0 Å². The molecular formula is C20H25ClN2O4. The monoisotopic (exact) mass is 392 g/mol. The standard InChI is InChI=1S/C20H24N2O4.ClH/c1-14-17-13-19(26-3)18(25-2)12-16(17)9-10-21(14)20(22(23)24)11-15-7-5-4-6-8-15;/h4-8,12-14,20H,9-11H2,1-3H3;1H. The Bertz CT molecular complexity index is 785. The molecule has 0 fully saturated rings. The molecule has 6 nitrogen and oxygen atoms in total. The Morgan fingerprint density at radius 3 is 2.41 bits per heavy atom. The Hall–Kier alpha value is -2.31. The minimum atomic E-state index is -0.756. The van der Waals surface area contributed by atoms with Crippen LogP contribution in [0.4, 0.5) is 0 Å². The van der Waals surface area contributed by atoms with Crippen LogP contribution in [0.5, 0.6) is 11.5 Å². The first-order valence-corrected chi connectivity index (χ1v) is 8.73. The number of halogens is 1. The number of nitro groups is 1. The molecule has 2 atom stereocenters. The minimum absolute atomic E-state index is 0. The van der Waals surface area contributed by atoms with Gasteiger partial charge in [-0.05, 0) is 42.2 Å². The van der Waals surface area contributed by atoms with Crippen LogP contribution in [0.3, 0.4) is 0 Å². The summed E-state index contributed by atoms with van der Waals surface area (Å²) in [6.45, 7) is 2.66. The number of methoxy groups -OCH3 is 2. The van der Waals surface area contributed by atoms with Gasteiger partial charge < -0.3 is 9.47 Å². The summed E-state index contributed by atoms with van der Waals surface area (Å²) in [7, 11) is 3.22. The third kappa shape index (κ3) is 4.34. The topological polar surface area (TPSA) is 64.8 Å². The fraction of sp³-hybridized carbons (Fsp3) is 0.400. The molecule has 0 radical (unpaired) electrons. The van der Waals surface area contributed by atoms with Crippen molar-refractivity contribution in [3.63, 3.8) is 0 Å². The molecule has 27 heavy (non-hydrogen) atoms. The molecule has 0 bridgehead atoms. The summed E-state index contributed by atoms with van der Waals surface area (Å²) < 4.78 is 10.8. The lowest BCUT2D eigenvalue weighted by Crippen LogP contribution is -2.47. The summed E-state index contributed by atoms with van der Waals surface area (Å²) in [4.78, 5) is 13.6. The van der Waals surface area contributed by atoms with Gasteiger partial charge in [-0.1, -0.05) is 30.3 Å². The van der Waals surface area contributed by atoms with Gasteiger partial charge in [-0.3, -0.25) is 10.1 Å². The smallest absolute Gasteiger partial charge is 0.272 e. The number of nitrogens with zero attached hydrogens (tertiary/aromatic N) is 2. The summed E-state index contributed by atoms with van der Waals surface area (Å²) in [6, 6.07) is 13.5. The summed E-state index contributed by atoms with van der Waals surface area (Å²) >= 11 is 0. The van der Waals surface area contributed by atoms with Crippen molar-refractivity contribution in [3.8, 4) is 11.5 Å². The van der Waals surface area contributed by atoms with E-state index in [1.165, 1.54) is 0 Å². The second-order valence-corrected chi connectivity index (χ2v) is 6.53. The van der Waals surface area contributed by atoms with Crippen molar-refractivity contribution in [2.24, 2.45) is 0 Å². The summed E-state index contributed by atoms with van der Waals surface area (Å²) in [6.07, 6.45) is 0.383. The van der Waals surface area contributed by atoms with Gasteiger partial charge >= 0.3 is 0 Å². The van der Waals surface area contributed by atoms with E-state index in [-0.39, 0.29) is 23.4 Å². The lowest BCUT2D eigenvalue weighted by Gasteiger charge is -2.36. The largest absolute Gasteiger partial charge is 0.493 e. The highest BCUT2D eigenvalue weighted by Gasteiger charge is 2.36. The van der Waals surface area contributed by atoms with E-state index in [1.807, 2.05) is 54.3 Å². The third-order valence-electron chi connectivity index (χ3n) is 5.12. The molecule has 146 valence electrons. The van der Waals surface area contributed by atoms with E-state index in [0.29, 0.717) is 24.5 Å². The highest BCUT2D eigenvalue weighted by Crippen LogP contribution is 2.38. The van der Waals surface area contributed by atoms with Gasteiger partial charge in [0.05, 0.1) is 20.6 Å². The van der Waals surface area contributed by atoms with E-state index in [1.54, 1.807) is 14.2 Å². The Kier molecular flexibility index (Phi) is 7.05. The van der Waals surface area contributed by atoms with Crippen LogP contribution >= 0.6 is 12.4 Å². The zero-order valence-corrected chi connectivity index (χ0v) is 16.6. The van der Waals surface area contributed by atoms with E-state index in [9.17, 15) is 10.1 Å². The zero-order chi connectivity index (χ0) is 18.7. The molecule has 0 saturated heterocycles. The first-order chi connectivity index (χ1) is 12.5. The van der Waals surface area contributed by atoms with Crippen LogP contribution < -0.4 is 9.47 Å². The van der Waals surface area contributed by atoms with Crippen molar-refractivity contribution >= 4 is 12.4 Å². The van der Waals surface area contributed by atoms with Gasteiger partial charge in [-0.2, -0.15) is 0 Å². The Morgan fingerprint density at radius 2 is 1.81 bits per heavy atom. The van der Waals surface area contributed by atoms with Gasteiger partial charge in [-0.25, -0.2) is 4.90 Å². The number of fused-ring (bicyclic) bond motifs is 1. The molecule has 0 aromatic heterocycles. The van der Waals surface area contributed by atoms with E-state index in [2.05, 4.69) is 0 Å². The predicted molar refractivity (Wildman–Crippen MR) is 107 cm³/mol. The highest BCUT2D eigenvalue weighted by atomic mass is 35.5.